The van der Waals surface area contributed by atoms with Gasteiger partial charge in [-0.05, 0) is 29.3 Å². The molecule has 3 rings (SSSR count). The number of fused-ring (bicyclic) bond motifs is 1. The number of rotatable bonds is 3. The van der Waals surface area contributed by atoms with Crippen LogP contribution in [-0.2, 0) is 4.79 Å². The van der Waals surface area contributed by atoms with Crippen LogP contribution in [0.1, 0.15) is 23.5 Å². The first-order valence-electron chi connectivity index (χ1n) is 6.68. The molecule has 0 fully saturated rings. The highest BCUT2D eigenvalue weighted by Gasteiger charge is 2.28. The second-order valence-corrected chi connectivity index (χ2v) is 4.88. The zero-order chi connectivity index (χ0) is 14.8. The van der Waals surface area contributed by atoms with Crippen LogP contribution in [0, 0.1) is 0 Å². The van der Waals surface area contributed by atoms with Gasteiger partial charge in [-0.1, -0.05) is 0 Å². The fourth-order valence-electron chi connectivity index (χ4n) is 2.68. The third-order valence-electron chi connectivity index (χ3n) is 3.70. The minimum Gasteiger partial charge on any atom is -0.493 e. The lowest BCUT2D eigenvalue weighted by Gasteiger charge is -2.27. The number of carbonyl (C=O) groups is 1. The van der Waals surface area contributed by atoms with Crippen molar-refractivity contribution in [1.82, 2.24) is 4.98 Å². The third-order valence-corrected chi connectivity index (χ3v) is 3.70. The van der Waals surface area contributed by atoms with Crippen molar-refractivity contribution in [2.75, 3.05) is 19.5 Å². The van der Waals surface area contributed by atoms with Gasteiger partial charge < -0.3 is 14.8 Å². The molecule has 0 saturated heterocycles. The van der Waals surface area contributed by atoms with Gasteiger partial charge in [0, 0.05) is 36.5 Å². The summed E-state index contributed by atoms with van der Waals surface area (Å²) >= 11 is 0. The summed E-state index contributed by atoms with van der Waals surface area (Å²) in [7, 11) is 3.18. The zero-order valence-corrected chi connectivity index (χ0v) is 11.9. The Kier molecular flexibility index (Phi) is 3.48. The van der Waals surface area contributed by atoms with E-state index in [1.165, 1.54) is 0 Å². The monoisotopic (exact) mass is 284 g/mol. The van der Waals surface area contributed by atoms with Crippen molar-refractivity contribution in [3.63, 3.8) is 0 Å². The normalized spacial score (nSPS) is 16.9. The fraction of sp³-hybridized carbons (Fsp3) is 0.250. The van der Waals surface area contributed by atoms with Crippen LogP contribution in [0.5, 0.6) is 11.5 Å². The molecule has 0 bridgehead atoms. The van der Waals surface area contributed by atoms with Crippen molar-refractivity contribution < 1.29 is 14.3 Å². The van der Waals surface area contributed by atoms with Crippen LogP contribution in [0.2, 0.25) is 0 Å². The number of pyridine rings is 1. The molecule has 1 aliphatic rings. The first-order chi connectivity index (χ1) is 10.2. The Morgan fingerprint density at radius 3 is 2.48 bits per heavy atom. The summed E-state index contributed by atoms with van der Waals surface area (Å²) in [6, 6.07) is 7.60. The first kappa shape index (κ1) is 13.4. The molecule has 1 N–H and O–H groups in total. The predicted octanol–water partition coefficient (Wildman–Crippen LogP) is 2.57. The second-order valence-electron chi connectivity index (χ2n) is 4.88. The van der Waals surface area contributed by atoms with Crippen LogP contribution in [-0.4, -0.2) is 25.1 Å². The molecule has 5 nitrogen and oxygen atoms in total. The van der Waals surface area contributed by atoms with Crippen molar-refractivity contribution in [3.8, 4) is 11.5 Å². The number of benzene rings is 1. The molecule has 0 aliphatic carbocycles. The van der Waals surface area contributed by atoms with E-state index >= 15 is 0 Å². The average molecular weight is 284 g/mol. The Morgan fingerprint density at radius 1 is 1.14 bits per heavy atom. The van der Waals surface area contributed by atoms with Crippen molar-refractivity contribution >= 4 is 11.6 Å². The number of hydrogen-bond acceptors (Lipinski definition) is 4. The molecule has 1 aliphatic heterocycles. The minimum absolute atomic E-state index is 0.00319. The molecule has 1 amide bonds. The lowest BCUT2D eigenvalue weighted by atomic mass is 9.85. The van der Waals surface area contributed by atoms with E-state index < -0.39 is 0 Å². The largest absolute Gasteiger partial charge is 0.493 e. The summed E-state index contributed by atoms with van der Waals surface area (Å²) in [5.41, 5.74) is 2.86. The van der Waals surface area contributed by atoms with Gasteiger partial charge >= 0.3 is 0 Å². The standard InChI is InChI=1S/C16H16N2O3/c1-20-14-7-12-11(10-3-5-17-6-4-10)8-16(19)18-13(12)9-15(14)21-2/h3-7,9,11H,8H2,1-2H3,(H,18,19)/t11-/m0/s1. The number of aromatic nitrogens is 1. The highest BCUT2D eigenvalue weighted by molar-refractivity contribution is 5.96. The van der Waals surface area contributed by atoms with Gasteiger partial charge in [0.25, 0.3) is 0 Å². The molecule has 0 spiro atoms. The summed E-state index contributed by atoms with van der Waals surface area (Å²) in [5, 5.41) is 2.90. The summed E-state index contributed by atoms with van der Waals surface area (Å²) in [6.07, 6.45) is 3.89. The quantitative estimate of drug-likeness (QED) is 0.941. The van der Waals surface area contributed by atoms with Gasteiger partial charge in [0.2, 0.25) is 5.91 Å². The van der Waals surface area contributed by atoms with E-state index in [1.807, 2.05) is 18.2 Å². The zero-order valence-electron chi connectivity index (χ0n) is 11.9. The Bertz CT molecular complexity index is 671. The molecule has 2 aromatic rings. The van der Waals surface area contributed by atoms with Gasteiger partial charge in [-0.3, -0.25) is 9.78 Å². The predicted molar refractivity (Wildman–Crippen MR) is 78.9 cm³/mol. The molecule has 0 unspecified atom stereocenters. The van der Waals surface area contributed by atoms with Crippen LogP contribution < -0.4 is 14.8 Å². The first-order valence-corrected chi connectivity index (χ1v) is 6.68. The third kappa shape index (κ3) is 2.42. The maximum Gasteiger partial charge on any atom is 0.225 e. The summed E-state index contributed by atoms with van der Waals surface area (Å²) in [4.78, 5) is 16.0. The van der Waals surface area contributed by atoms with Crippen LogP contribution in [0.3, 0.4) is 0 Å². The van der Waals surface area contributed by atoms with Gasteiger partial charge in [0.1, 0.15) is 0 Å². The molecule has 1 aromatic carbocycles. The SMILES string of the molecule is COc1cc2c(cc1OC)[C@H](c1ccncc1)CC(=O)N2. The van der Waals surface area contributed by atoms with Crippen molar-refractivity contribution in [1.29, 1.82) is 0 Å². The van der Waals surface area contributed by atoms with Gasteiger partial charge in [-0.2, -0.15) is 0 Å². The number of methoxy groups -OCH3 is 2. The number of hydrogen-bond donors (Lipinski definition) is 1. The lowest BCUT2D eigenvalue weighted by molar-refractivity contribution is -0.116. The number of nitrogens with one attached hydrogen (secondary N) is 1. The molecule has 1 atom stereocenters. The van der Waals surface area contributed by atoms with Gasteiger partial charge in [-0.25, -0.2) is 0 Å². The molecule has 5 heteroatoms. The van der Waals surface area contributed by atoms with Crippen LogP contribution in [0.25, 0.3) is 0 Å². The summed E-state index contributed by atoms with van der Waals surface area (Å²) in [6.45, 7) is 0. The van der Waals surface area contributed by atoms with E-state index in [-0.39, 0.29) is 11.8 Å². The molecule has 2 heterocycles. The molecular weight excluding hydrogens is 268 g/mol. The number of amides is 1. The molecule has 0 radical (unpaired) electrons. The van der Waals surface area contributed by atoms with E-state index in [0.29, 0.717) is 17.9 Å². The number of carbonyl (C=O) groups excluding carboxylic acids is 1. The van der Waals surface area contributed by atoms with E-state index in [2.05, 4.69) is 10.3 Å². The Morgan fingerprint density at radius 2 is 1.81 bits per heavy atom. The Labute approximate surface area is 122 Å². The molecule has 21 heavy (non-hydrogen) atoms. The fourth-order valence-corrected chi connectivity index (χ4v) is 2.68. The molecule has 108 valence electrons. The van der Waals surface area contributed by atoms with Crippen molar-refractivity contribution in [2.24, 2.45) is 0 Å². The van der Waals surface area contributed by atoms with Crippen LogP contribution in [0.15, 0.2) is 36.7 Å². The Balaban J connectivity index is 2.13. The van der Waals surface area contributed by atoms with Gasteiger partial charge in [0.15, 0.2) is 11.5 Å². The van der Waals surface area contributed by atoms with E-state index in [1.54, 1.807) is 32.7 Å². The lowest BCUT2D eigenvalue weighted by Crippen LogP contribution is -2.23. The molecule has 0 saturated carbocycles. The number of ether oxygens (including phenoxy) is 2. The van der Waals surface area contributed by atoms with Crippen molar-refractivity contribution in [3.05, 3.63) is 47.8 Å². The summed E-state index contributed by atoms with van der Waals surface area (Å²) < 4.78 is 10.7. The highest BCUT2D eigenvalue weighted by atomic mass is 16.5. The van der Waals surface area contributed by atoms with Crippen LogP contribution >= 0.6 is 0 Å². The van der Waals surface area contributed by atoms with Crippen molar-refractivity contribution in [2.45, 2.75) is 12.3 Å². The molecular formula is C16H16N2O3. The molecule has 1 aromatic heterocycles. The maximum absolute atomic E-state index is 12.0. The summed E-state index contributed by atoms with van der Waals surface area (Å²) in [5.74, 6) is 1.26. The Hall–Kier alpha value is -2.56. The smallest absolute Gasteiger partial charge is 0.225 e. The van der Waals surface area contributed by atoms with Gasteiger partial charge in [0.05, 0.1) is 14.2 Å². The van der Waals surface area contributed by atoms with E-state index in [0.717, 1.165) is 16.8 Å². The second kappa shape index (κ2) is 5.44. The van der Waals surface area contributed by atoms with Gasteiger partial charge in [-0.15, -0.1) is 0 Å². The average Bonchev–Trinajstić information content (AvgIpc) is 2.53. The number of nitrogens with zero attached hydrogens (tertiary/aromatic N) is 1. The topological polar surface area (TPSA) is 60.5 Å². The van der Waals surface area contributed by atoms with Crippen LogP contribution in [0.4, 0.5) is 5.69 Å². The van der Waals surface area contributed by atoms with E-state index in [9.17, 15) is 4.79 Å². The van der Waals surface area contributed by atoms with E-state index in [4.69, 9.17) is 9.47 Å². The number of anilines is 1. The highest BCUT2D eigenvalue weighted by Crippen LogP contribution is 2.42. The maximum atomic E-state index is 12.0. The minimum atomic E-state index is -0.00321.